The van der Waals surface area contributed by atoms with Crippen LogP contribution in [0.3, 0.4) is 0 Å². The van der Waals surface area contributed by atoms with E-state index < -0.39 is 0 Å². The Morgan fingerprint density at radius 1 is 1.33 bits per heavy atom. The summed E-state index contributed by atoms with van der Waals surface area (Å²) < 4.78 is 5.34. The number of halogens is 1. The third kappa shape index (κ3) is 4.51. The van der Waals surface area contributed by atoms with Crippen LogP contribution in [-0.4, -0.2) is 27.7 Å². The first kappa shape index (κ1) is 15.9. The molecule has 1 atom stereocenters. The summed E-state index contributed by atoms with van der Waals surface area (Å²) in [6.07, 6.45) is 3.40. The van der Waals surface area contributed by atoms with E-state index in [1.807, 2.05) is 0 Å². The van der Waals surface area contributed by atoms with E-state index in [0.717, 1.165) is 19.4 Å². The lowest BCUT2D eigenvalue weighted by atomic mass is 10.0. The molecular formula is C15H21ClN4O. The number of hydrogen-bond acceptors (Lipinski definition) is 5. The first-order chi connectivity index (χ1) is 10.1. The van der Waals surface area contributed by atoms with Crippen molar-refractivity contribution in [3.8, 4) is 11.5 Å². The average Bonchev–Trinajstić information content (AvgIpc) is 2.92. The molecule has 0 amide bonds. The number of nitrogens with one attached hydrogen (secondary N) is 1. The maximum Gasteiger partial charge on any atom is 0.228 e. The number of rotatable bonds is 7. The Morgan fingerprint density at radius 3 is 2.76 bits per heavy atom. The summed E-state index contributed by atoms with van der Waals surface area (Å²) in [7, 11) is 0. The van der Waals surface area contributed by atoms with E-state index in [1.165, 1.54) is 0 Å². The van der Waals surface area contributed by atoms with Gasteiger partial charge in [-0.25, -0.2) is 0 Å². The highest BCUT2D eigenvalue weighted by Crippen LogP contribution is 2.17. The molecular weight excluding hydrogens is 288 g/mol. The molecule has 0 aliphatic carbocycles. The van der Waals surface area contributed by atoms with Crippen LogP contribution in [-0.2, 0) is 6.42 Å². The predicted molar refractivity (Wildman–Crippen MR) is 83.2 cm³/mol. The van der Waals surface area contributed by atoms with E-state index in [9.17, 15) is 0 Å². The van der Waals surface area contributed by atoms with Gasteiger partial charge in [0, 0.05) is 18.7 Å². The minimum atomic E-state index is 0.330. The van der Waals surface area contributed by atoms with E-state index >= 15 is 0 Å². The molecule has 0 aliphatic rings. The largest absolute Gasteiger partial charge is 0.339 e. The van der Waals surface area contributed by atoms with Gasteiger partial charge in [-0.15, -0.1) is 0 Å². The minimum Gasteiger partial charge on any atom is -0.339 e. The van der Waals surface area contributed by atoms with Gasteiger partial charge in [-0.2, -0.15) is 4.98 Å². The second kappa shape index (κ2) is 7.52. The van der Waals surface area contributed by atoms with Gasteiger partial charge in [0.25, 0.3) is 0 Å². The maximum absolute atomic E-state index is 5.82. The molecule has 1 unspecified atom stereocenters. The van der Waals surface area contributed by atoms with Gasteiger partial charge in [0.2, 0.25) is 11.7 Å². The Balaban J connectivity index is 2.06. The molecule has 2 aromatic rings. The number of pyridine rings is 1. The van der Waals surface area contributed by atoms with Crippen molar-refractivity contribution in [1.82, 2.24) is 20.4 Å². The molecule has 6 heteroatoms. The fourth-order valence-electron chi connectivity index (χ4n) is 2.01. The molecule has 0 spiro atoms. The van der Waals surface area contributed by atoms with Crippen LogP contribution >= 0.6 is 11.6 Å². The molecule has 0 radical (unpaired) electrons. The molecule has 2 rings (SSSR count). The number of aromatic nitrogens is 3. The lowest BCUT2D eigenvalue weighted by Gasteiger charge is -2.20. The van der Waals surface area contributed by atoms with Gasteiger partial charge in [-0.3, -0.25) is 4.98 Å². The van der Waals surface area contributed by atoms with Crippen LogP contribution in [0.4, 0.5) is 0 Å². The molecule has 5 nitrogen and oxygen atoms in total. The molecule has 0 aliphatic heterocycles. The molecule has 2 heterocycles. The molecule has 21 heavy (non-hydrogen) atoms. The Bertz CT molecular complexity index is 553. The van der Waals surface area contributed by atoms with Gasteiger partial charge in [0.05, 0.1) is 5.02 Å². The standard InChI is InChI=1S/C15H21ClN4O/c1-4-7-17-13(10(2)3)8-14-19-15(20-21-14)12-6-5-11(16)9-18-12/h5-6,9-10,13,17H,4,7-8H2,1-3H3. The van der Waals surface area contributed by atoms with E-state index in [0.29, 0.717) is 34.4 Å². The molecule has 114 valence electrons. The smallest absolute Gasteiger partial charge is 0.228 e. The number of hydrogen-bond donors (Lipinski definition) is 1. The van der Waals surface area contributed by atoms with E-state index in [4.69, 9.17) is 16.1 Å². The second-order valence-electron chi connectivity index (χ2n) is 5.38. The third-order valence-electron chi connectivity index (χ3n) is 3.28. The number of nitrogens with zero attached hydrogens (tertiary/aromatic N) is 3. The van der Waals surface area contributed by atoms with Crippen molar-refractivity contribution < 1.29 is 4.52 Å². The Morgan fingerprint density at radius 2 is 2.14 bits per heavy atom. The monoisotopic (exact) mass is 308 g/mol. The fourth-order valence-corrected chi connectivity index (χ4v) is 2.12. The SMILES string of the molecule is CCCNC(Cc1nc(-c2ccc(Cl)cn2)no1)C(C)C. The van der Waals surface area contributed by atoms with Crippen molar-refractivity contribution >= 4 is 11.6 Å². The van der Waals surface area contributed by atoms with Gasteiger partial charge >= 0.3 is 0 Å². The molecule has 0 fully saturated rings. The van der Waals surface area contributed by atoms with Gasteiger partial charge in [0.15, 0.2) is 0 Å². The maximum atomic E-state index is 5.82. The van der Waals surface area contributed by atoms with Crippen LogP contribution in [0.25, 0.3) is 11.5 Å². The highest BCUT2D eigenvalue weighted by atomic mass is 35.5. The van der Waals surface area contributed by atoms with Crippen LogP contribution < -0.4 is 5.32 Å². The molecule has 0 saturated heterocycles. The van der Waals surface area contributed by atoms with E-state index in [1.54, 1.807) is 18.3 Å². The Hall–Kier alpha value is -1.46. The third-order valence-corrected chi connectivity index (χ3v) is 3.50. The summed E-state index contributed by atoms with van der Waals surface area (Å²) in [4.78, 5) is 8.61. The van der Waals surface area contributed by atoms with Crippen LogP contribution in [0.5, 0.6) is 0 Å². The first-order valence-electron chi connectivity index (χ1n) is 7.28. The van der Waals surface area contributed by atoms with Gasteiger partial charge in [-0.1, -0.05) is 37.5 Å². The van der Waals surface area contributed by atoms with Crippen molar-refractivity contribution in [2.45, 2.75) is 39.7 Å². The second-order valence-corrected chi connectivity index (χ2v) is 5.82. The van der Waals surface area contributed by atoms with Crippen LogP contribution in [0.15, 0.2) is 22.9 Å². The van der Waals surface area contributed by atoms with Crippen LogP contribution in [0.1, 0.15) is 33.1 Å². The van der Waals surface area contributed by atoms with Crippen molar-refractivity contribution in [2.24, 2.45) is 5.92 Å². The molecule has 0 saturated carbocycles. The molecule has 1 N–H and O–H groups in total. The van der Waals surface area contributed by atoms with Crippen molar-refractivity contribution in [2.75, 3.05) is 6.54 Å². The zero-order valence-corrected chi connectivity index (χ0v) is 13.4. The van der Waals surface area contributed by atoms with Gasteiger partial charge < -0.3 is 9.84 Å². The van der Waals surface area contributed by atoms with Gasteiger partial charge in [-0.05, 0) is 31.0 Å². The fraction of sp³-hybridized carbons (Fsp3) is 0.533. The summed E-state index contributed by atoms with van der Waals surface area (Å²) in [6, 6.07) is 3.88. The van der Waals surface area contributed by atoms with Crippen LogP contribution in [0, 0.1) is 5.92 Å². The highest BCUT2D eigenvalue weighted by Gasteiger charge is 2.18. The van der Waals surface area contributed by atoms with Crippen molar-refractivity contribution in [3.05, 3.63) is 29.2 Å². The normalized spacial score (nSPS) is 12.8. The predicted octanol–water partition coefficient (Wildman–Crippen LogP) is 3.35. The lowest BCUT2D eigenvalue weighted by Crippen LogP contribution is -2.36. The van der Waals surface area contributed by atoms with E-state index in [-0.39, 0.29) is 0 Å². The lowest BCUT2D eigenvalue weighted by molar-refractivity contribution is 0.326. The average molecular weight is 309 g/mol. The van der Waals surface area contributed by atoms with Crippen molar-refractivity contribution in [1.29, 1.82) is 0 Å². The molecule has 0 aromatic carbocycles. The molecule has 2 aromatic heterocycles. The summed E-state index contributed by atoms with van der Waals surface area (Å²) in [5.74, 6) is 1.63. The summed E-state index contributed by atoms with van der Waals surface area (Å²) in [5.41, 5.74) is 0.664. The quantitative estimate of drug-likeness (QED) is 0.849. The zero-order valence-electron chi connectivity index (χ0n) is 12.6. The summed E-state index contributed by atoms with van der Waals surface area (Å²) >= 11 is 5.82. The topological polar surface area (TPSA) is 63.8 Å². The zero-order chi connectivity index (χ0) is 15.2. The first-order valence-corrected chi connectivity index (χ1v) is 7.65. The van der Waals surface area contributed by atoms with E-state index in [2.05, 4.69) is 41.2 Å². The Kier molecular flexibility index (Phi) is 5.70. The highest BCUT2D eigenvalue weighted by molar-refractivity contribution is 6.30. The van der Waals surface area contributed by atoms with Crippen LogP contribution in [0.2, 0.25) is 5.02 Å². The summed E-state index contributed by atoms with van der Waals surface area (Å²) in [6.45, 7) is 7.51. The summed E-state index contributed by atoms with van der Waals surface area (Å²) in [5, 5.41) is 8.09. The molecule has 0 bridgehead atoms. The van der Waals surface area contributed by atoms with Crippen molar-refractivity contribution in [3.63, 3.8) is 0 Å². The van der Waals surface area contributed by atoms with Gasteiger partial charge in [0.1, 0.15) is 5.69 Å². The minimum absolute atomic E-state index is 0.330. The Labute approximate surface area is 130 Å².